The summed E-state index contributed by atoms with van der Waals surface area (Å²) in [5, 5.41) is 32.5. The minimum Gasteiger partial charge on any atom is -0.478 e. The second-order valence-electron chi connectivity index (χ2n) is 4.44. The van der Waals surface area contributed by atoms with Crippen molar-refractivity contribution in [2.45, 2.75) is 13.0 Å². The summed E-state index contributed by atoms with van der Waals surface area (Å²) in [6, 6.07) is 16.6. The van der Waals surface area contributed by atoms with Crippen molar-refractivity contribution in [2.24, 2.45) is 0 Å². The molecule has 0 fully saturated rings. The molecule has 24 heavy (non-hydrogen) atoms. The molecule has 0 bridgehead atoms. The quantitative estimate of drug-likeness (QED) is 0.499. The van der Waals surface area contributed by atoms with Crippen LogP contribution in [0.2, 0.25) is 0 Å². The van der Waals surface area contributed by atoms with E-state index in [4.69, 9.17) is 20.6 Å². The molecule has 0 aliphatic heterocycles. The highest BCUT2D eigenvalue weighted by molar-refractivity contribution is 5.87. The minimum atomic E-state index is -0.879. The van der Waals surface area contributed by atoms with Crippen molar-refractivity contribution >= 4 is 11.9 Å². The van der Waals surface area contributed by atoms with E-state index in [0.29, 0.717) is 11.1 Å². The van der Waals surface area contributed by atoms with Gasteiger partial charge in [0.05, 0.1) is 17.7 Å². The Kier molecular flexibility index (Phi) is 11.3. The van der Waals surface area contributed by atoms with Crippen LogP contribution in [0.4, 0.5) is 0 Å². The van der Waals surface area contributed by atoms with Crippen LogP contribution in [-0.4, -0.2) is 45.2 Å². The van der Waals surface area contributed by atoms with Crippen LogP contribution in [0.15, 0.2) is 60.7 Å². The van der Waals surface area contributed by atoms with Gasteiger partial charge in [0.15, 0.2) is 0 Å². The summed E-state index contributed by atoms with van der Waals surface area (Å²) >= 11 is 0. The van der Waals surface area contributed by atoms with Crippen LogP contribution < -0.4 is 0 Å². The van der Waals surface area contributed by atoms with Gasteiger partial charge in [0.2, 0.25) is 0 Å². The van der Waals surface area contributed by atoms with E-state index in [1.54, 1.807) is 67.6 Å². The summed E-state index contributed by atoms with van der Waals surface area (Å²) in [6.45, 7) is 1.41. The summed E-state index contributed by atoms with van der Waals surface area (Å²) in [5.74, 6) is -1.76. The first-order valence-corrected chi connectivity index (χ1v) is 6.90. The lowest BCUT2D eigenvalue weighted by atomic mass is 10.2. The summed E-state index contributed by atoms with van der Waals surface area (Å²) in [5.41, 5.74) is 0.662. The maximum atomic E-state index is 10.2. The largest absolute Gasteiger partial charge is 0.478 e. The monoisotopic (exact) mass is 336 g/mol. The zero-order chi connectivity index (χ0) is 18.4. The molecule has 4 N–H and O–H groups in total. The molecule has 0 aromatic heterocycles. The highest BCUT2D eigenvalue weighted by atomic mass is 17.1. The molecule has 0 heterocycles. The molecule has 0 spiro atoms. The van der Waals surface area contributed by atoms with Gasteiger partial charge in [-0.3, -0.25) is 5.26 Å². The zero-order valence-corrected chi connectivity index (χ0v) is 13.1. The Balaban J connectivity index is 0.000000340. The SMILES string of the molecule is CC(CO)OO.O=C(O)c1ccccc1.O=C(O)c1ccccc1. The highest BCUT2D eigenvalue weighted by Crippen LogP contribution is 1.96. The molecule has 0 amide bonds. The number of rotatable bonds is 4. The van der Waals surface area contributed by atoms with Crippen LogP contribution in [0, 0.1) is 0 Å². The molecule has 0 saturated heterocycles. The highest BCUT2D eigenvalue weighted by Gasteiger charge is 1.97. The standard InChI is InChI=1S/2C7H6O2.C3H8O3/c2*8-7(9)6-4-2-1-3-5-6;1-3(2-4)6-5/h2*1-5H,(H,8,9);3-5H,2H2,1H3. The molecule has 0 radical (unpaired) electrons. The van der Waals surface area contributed by atoms with Gasteiger partial charge in [-0.2, -0.15) is 0 Å². The van der Waals surface area contributed by atoms with Crippen LogP contribution in [0.1, 0.15) is 27.6 Å². The van der Waals surface area contributed by atoms with Crippen LogP contribution in [0.5, 0.6) is 0 Å². The fourth-order valence-corrected chi connectivity index (χ4v) is 1.19. The van der Waals surface area contributed by atoms with Gasteiger partial charge in [-0.15, -0.1) is 0 Å². The Labute approximate surface area is 139 Å². The Bertz CT molecular complexity index is 531. The molecule has 2 aromatic carbocycles. The third-order valence-corrected chi connectivity index (χ3v) is 2.48. The third-order valence-electron chi connectivity index (χ3n) is 2.48. The zero-order valence-electron chi connectivity index (χ0n) is 13.1. The number of benzene rings is 2. The molecule has 130 valence electrons. The Morgan fingerprint density at radius 2 is 1.21 bits per heavy atom. The molecule has 0 saturated carbocycles. The molecule has 1 atom stereocenters. The lowest BCUT2D eigenvalue weighted by Gasteiger charge is -1.97. The van der Waals surface area contributed by atoms with Crippen LogP contribution in [0.25, 0.3) is 0 Å². The van der Waals surface area contributed by atoms with E-state index in [9.17, 15) is 9.59 Å². The van der Waals surface area contributed by atoms with Crippen molar-refractivity contribution in [3.05, 3.63) is 71.8 Å². The van der Waals surface area contributed by atoms with Gasteiger partial charge in [-0.25, -0.2) is 14.5 Å². The van der Waals surface area contributed by atoms with E-state index in [1.807, 2.05) is 0 Å². The van der Waals surface area contributed by atoms with E-state index in [2.05, 4.69) is 4.89 Å². The van der Waals surface area contributed by atoms with Crippen molar-refractivity contribution in [3.8, 4) is 0 Å². The number of aliphatic hydroxyl groups is 1. The van der Waals surface area contributed by atoms with E-state index >= 15 is 0 Å². The molecular weight excluding hydrogens is 316 g/mol. The number of carboxylic acid groups (broad SMARTS) is 2. The van der Waals surface area contributed by atoms with Gasteiger partial charge >= 0.3 is 11.9 Å². The van der Waals surface area contributed by atoms with Gasteiger partial charge < -0.3 is 15.3 Å². The van der Waals surface area contributed by atoms with Crippen LogP contribution in [-0.2, 0) is 4.89 Å². The smallest absolute Gasteiger partial charge is 0.335 e. The van der Waals surface area contributed by atoms with Crippen LogP contribution >= 0.6 is 0 Å². The number of aromatic carboxylic acids is 2. The molecule has 1 unspecified atom stereocenters. The van der Waals surface area contributed by atoms with Gasteiger partial charge in [0.25, 0.3) is 0 Å². The predicted molar refractivity (Wildman–Crippen MR) is 87.1 cm³/mol. The van der Waals surface area contributed by atoms with Crippen LogP contribution in [0.3, 0.4) is 0 Å². The molecule has 2 aromatic rings. The predicted octanol–water partition coefficient (Wildman–Crippen LogP) is 2.63. The molecular formula is C17H20O7. The molecule has 2 rings (SSSR count). The number of hydrogen-bond acceptors (Lipinski definition) is 5. The third kappa shape index (κ3) is 10.1. The van der Waals surface area contributed by atoms with E-state index < -0.39 is 18.0 Å². The lowest BCUT2D eigenvalue weighted by molar-refractivity contribution is -0.279. The second kappa shape index (κ2) is 12.8. The fraction of sp³-hybridized carbons (Fsp3) is 0.176. The fourth-order valence-electron chi connectivity index (χ4n) is 1.19. The molecule has 0 aliphatic rings. The first kappa shape index (κ1) is 21.3. The first-order valence-electron chi connectivity index (χ1n) is 6.90. The number of hydrogen-bond donors (Lipinski definition) is 4. The molecule has 7 nitrogen and oxygen atoms in total. The Hall–Kier alpha value is -2.74. The lowest BCUT2D eigenvalue weighted by Crippen LogP contribution is -2.09. The summed E-state index contributed by atoms with van der Waals surface area (Å²) in [6.07, 6.45) is -0.454. The average Bonchev–Trinajstić information content (AvgIpc) is 2.63. The molecule has 0 aliphatic carbocycles. The van der Waals surface area contributed by atoms with Gasteiger partial charge in [0.1, 0.15) is 6.10 Å². The van der Waals surface area contributed by atoms with Gasteiger partial charge in [-0.05, 0) is 31.2 Å². The van der Waals surface area contributed by atoms with E-state index in [1.165, 1.54) is 0 Å². The number of aliphatic hydroxyl groups excluding tert-OH is 1. The van der Waals surface area contributed by atoms with Crippen molar-refractivity contribution in [1.82, 2.24) is 0 Å². The van der Waals surface area contributed by atoms with Crippen molar-refractivity contribution in [1.29, 1.82) is 0 Å². The normalized spacial score (nSPS) is 10.3. The second-order valence-corrected chi connectivity index (χ2v) is 4.44. The van der Waals surface area contributed by atoms with Gasteiger partial charge in [-0.1, -0.05) is 36.4 Å². The van der Waals surface area contributed by atoms with E-state index in [0.717, 1.165) is 0 Å². The van der Waals surface area contributed by atoms with Crippen molar-refractivity contribution in [2.75, 3.05) is 6.61 Å². The summed E-state index contributed by atoms with van der Waals surface area (Å²) < 4.78 is 0. The Morgan fingerprint density at radius 1 is 0.875 bits per heavy atom. The molecule has 7 heteroatoms. The van der Waals surface area contributed by atoms with E-state index in [-0.39, 0.29) is 6.61 Å². The maximum absolute atomic E-state index is 10.2. The number of carboxylic acids is 2. The topological polar surface area (TPSA) is 124 Å². The summed E-state index contributed by atoms with van der Waals surface area (Å²) in [7, 11) is 0. The maximum Gasteiger partial charge on any atom is 0.335 e. The number of carbonyl (C=O) groups is 2. The van der Waals surface area contributed by atoms with Crippen molar-refractivity contribution in [3.63, 3.8) is 0 Å². The van der Waals surface area contributed by atoms with Crippen molar-refractivity contribution < 1.29 is 35.1 Å². The first-order chi connectivity index (χ1) is 11.4. The van der Waals surface area contributed by atoms with Gasteiger partial charge in [0, 0.05) is 0 Å². The Morgan fingerprint density at radius 3 is 1.33 bits per heavy atom. The average molecular weight is 336 g/mol. The summed E-state index contributed by atoms with van der Waals surface area (Å²) in [4.78, 5) is 24.1. The minimum absolute atomic E-state index is 0.142.